The Balaban J connectivity index is 0.000000137. The van der Waals surface area contributed by atoms with Gasteiger partial charge in [0.25, 0.3) is 0 Å². The molecule has 4 aliphatic carbocycles. The summed E-state index contributed by atoms with van der Waals surface area (Å²) in [6.07, 6.45) is 8.16. The van der Waals surface area contributed by atoms with Crippen LogP contribution in [0.1, 0.15) is 102 Å². The lowest BCUT2D eigenvalue weighted by molar-refractivity contribution is 0.188. The first kappa shape index (κ1) is 19.7. The van der Waals surface area contributed by atoms with Gasteiger partial charge in [-0.05, 0) is 82.4 Å². The largest absolute Gasteiger partial charge is 0.0620 e. The average molecular weight is 375 g/mol. The Bertz CT molecular complexity index is 756. The Kier molecular flexibility index (Phi) is 4.57. The molecular weight excluding hydrogens is 336 g/mol. The molecule has 0 unspecified atom stereocenters. The standard InChI is InChI=1S/C14H18.C14H20/c1-13-7-9-14(2,10-8-13)12-6-4-3-5-11(12)13;1-13(2)9-10-14(3,4)12-8-6-5-7-11(12)13/h3-6H,7-10H2,1-2H3;5-8H,9-10H2,1-4H3. The monoisotopic (exact) mass is 374 g/mol. The summed E-state index contributed by atoms with van der Waals surface area (Å²) in [5, 5.41) is 0. The zero-order valence-corrected chi connectivity index (χ0v) is 18.9. The third kappa shape index (κ3) is 3.14. The van der Waals surface area contributed by atoms with E-state index in [-0.39, 0.29) is 0 Å². The molecule has 0 aromatic heterocycles. The van der Waals surface area contributed by atoms with E-state index < -0.39 is 0 Å². The Hall–Kier alpha value is -1.56. The van der Waals surface area contributed by atoms with Crippen molar-refractivity contribution >= 4 is 0 Å². The van der Waals surface area contributed by atoms with Gasteiger partial charge in [0.1, 0.15) is 0 Å². The van der Waals surface area contributed by atoms with Gasteiger partial charge in [-0.1, -0.05) is 90.1 Å². The van der Waals surface area contributed by atoms with E-state index in [0.717, 1.165) is 0 Å². The highest BCUT2D eigenvalue weighted by atomic mass is 14.5. The van der Waals surface area contributed by atoms with Crippen LogP contribution in [0.2, 0.25) is 0 Å². The summed E-state index contributed by atoms with van der Waals surface area (Å²) in [6, 6.07) is 18.1. The molecule has 1 fully saturated rings. The van der Waals surface area contributed by atoms with E-state index in [4.69, 9.17) is 0 Å². The highest BCUT2D eigenvalue weighted by Gasteiger charge is 2.47. The van der Waals surface area contributed by atoms with Crippen LogP contribution >= 0.6 is 0 Å². The minimum absolute atomic E-state index is 0.367. The molecule has 0 nitrogen and oxygen atoms in total. The lowest BCUT2D eigenvalue weighted by atomic mass is 9.53. The Morgan fingerprint density at radius 2 is 0.714 bits per heavy atom. The van der Waals surface area contributed by atoms with Crippen molar-refractivity contribution < 1.29 is 0 Å². The van der Waals surface area contributed by atoms with Crippen molar-refractivity contribution in [2.75, 3.05) is 0 Å². The molecule has 6 rings (SSSR count). The first-order valence-corrected chi connectivity index (χ1v) is 11.3. The number of rotatable bonds is 0. The first-order valence-electron chi connectivity index (χ1n) is 11.3. The van der Waals surface area contributed by atoms with Crippen LogP contribution in [-0.4, -0.2) is 0 Å². The van der Waals surface area contributed by atoms with Gasteiger partial charge in [0.15, 0.2) is 0 Å². The van der Waals surface area contributed by atoms with Crippen molar-refractivity contribution in [3.63, 3.8) is 0 Å². The Morgan fingerprint density at radius 3 is 1.04 bits per heavy atom. The molecule has 28 heavy (non-hydrogen) atoms. The second-order valence-electron chi connectivity index (χ2n) is 11.5. The van der Waals surface area contributed by atoms with E-state index in [0.29, 0.717) is 21.7 Å². The summed E-state index contributed by atoms with van der Waals surface area (Å²) in [4.78, 5) is 0. The summed E-state index contributed by atoms with van der Waals surface area (Å²) < 4.78 is 0. The lowest BCUT2D eigenvalue weighted by Crippen LogP contribution is -2.43. The predicted octanol–water partition coefficient (Wildman–Crippen LogP) is 7.83. The molecule has 150 valence electrons. The molecular formula is C28H38. The van der Waals surface area contributed by atoms with E-state index in [1.807, 2.05) is 0 Å². The first-order chi connectivity index (χ1) is 13.1. The fourth-order valence-electron chi connectivity index (χ4n) is 5.99. The molecule has 0 atom stereocenters. The summed E-state index contributed by atoms with van der Waals surface area (Å²) in [5.74, 6) is 0. The molecule has 0 amide bonds. The van der Waals surface area contributed by atoms with Crippen molar-refractivity contribution in [3.05, 3.63) is 70.8 Å². The summed E-state index contributed by atoms with van der Waals surface area (Å²) in [7, 11) is 0. The van der Waals surface area contributed by atoms with E-state index >= 15 is 0 Å². The minimum atomic E-state index is 0.367. The van der Waals surface area contributed by atoms with Crippen molar-refractivity contribution in [1.82, 2.24) is 0 Å². The van der Waals surface area contributed by atoms with Crippen LogP contribution in [0.3, 0.4) is 0 Å². The van der Waals surface area contributed by atoms with Gasteiger partial charge in [-0.3, -0.25) is 0 Å². The Morgan fingerprint density at radius 1 is 0.429 bits per heavy atom. The maximum atomic E-state index is 2.45. The fourth-order valence-corrected chi connectivity index (χ4v) is 5.99. The zero-order chi connectivity index (χ0) is 20.2. The van der Waals surface area contributed by atoms with E-state index in [2.05, 4.69) is 90.1 Å². The Labute approximate surface area is 172 Å². The third-order valence-corrected chi connectivity index (χ3v) is 8.44. The van der Waals surface area contributed by atoms with Crippen molar-refractivity contribution in [1.29, 1.82) is 0 Å². The SMILES string of the molecule is CC1(C)CCC(C)(C)c2ccccc21.CC12CCC(C)(CC1)c1ccccc12. The molecule has 0 heteroatoms. The van der Waals surface area contributed by atoms with Gasteiger partial charge in [0, 0.05) is 0 Å². The van der Waals surface area contributed by atoms with E-state index in [9.17, 15) is 0 Å². The molecule has 0 heterocycles. The van der Waals surface area contributed by atoms with Crippen LogP contribution in [0.15, 0.2) is 48.5 Å². The van der Waals surface area contributed by atoms with Crippen molar-refractivity contribution in [2.24, 2.45) is 0 Å². The predicted molar refractivity (Wildman–Crippen MR) is 121 cm³/mol. The highest BCUT2D eigenvalue weighted by Crippen LogP contribution is 2.55. The topological polar surface area (TPSA) is 0 Å². The van der Waals surface area contributed by atoms with Gasteiger partial charge in [0.2, 0.25) is 0 Å². The second kappa shape index (κ2) is 6.48. The average Bonchev–Trinajstić information content (AvgIpc) is 2.69. The van der Waals surface area contributed by atoms with Gasteiger partial charge in [-0.2, -0.15) is 0 Å². The molecule has 0 aliphatic heterocycles. The van der Waals surface area contributed by atoms with Crippen LogP contribution in [0.4, 0.5) is 0 Å². The van der Waals surface area contributed by atoms with Gasteiger partial charge in [-0.15, -0.1) is 0 Å². The molecule has 0 N–H and O–H groups in total. The molecule has 2 aromatic rings. The summed E-state index contributed by atoms with van der Waals surface area (Å²) >= 11 is 0. The van der Waals surface area contributed by atoms with Crippen LogP contribution < -0.4 is 0 Å². The lowest BCUT2D eigenvalue weighted by Gasteiger charge is -2.52. The normalized spacial score (nSPS) is 31.2. The third-order valence-electron chi connectivity index (χ3n) is 8.44. The maximum absolute atomic E-state index is 2.45. The molecule has 2 bridgehead atoms. The van der Waals surface area contributed by atoms with Crippen LogP contribution in [0.5, 0.6) is 0 Å². The number of benzene rings is 2. The number of hydrogen-bond donors (Lipinski definition) is 0. The van der Waals surface area contributed by atoms with Gasteiger partial charge < -0.3 is 0 Å². The fraction of sp³-hybridized carbons (Fsp3) is 0.571. The molecule has 0 spiro atoms. The minimum Gasteiger partial charge on any atom is -0.0620 e. The smallest absolute Gasteiger partial charge is 0.00717 e. The van der Waals surface area contributed by atoms with E-state index in [1.54, 1.807) is 22.3 Å². The highest BCUT2D eigenvalue weighted by molar-refractivity contribution is 5.44. The number of fused-ring (bicyclic) bond motifs is 3. The quantitative estimate of drug-likeness (QED) is 0.441. The molecule has 0 radical (unpaired) electrons. The van der Waals surface area contributed by atoms with Gasteiger partial charge in [0.05, 0.1) is 0 Å². The van der Waals surface area contributed by atoms with Crippen LogP contribution in [0.25, 0.3) is 0 Å². The zero-order valence-electron chi connectivity index (χ0n) is 18.9. The molecule has 1 saturated carbocycles. The number of hydrogen-bond acceptors (Lipinski definition) is 0. The molecule has 4 aliphatic rings. The van der Waals surface area contributed by atoms with Crippen molar-refractivity contribution in [3.8, 4) is 0 Å². The van der Waals surface area contributed by atoms with Gasteiger partial charge in [-0.25, -0.2) is 0 Å². The van der Waals surface area contributed by atoms with Crippen molar-refractivity contribution in [2.45, 2.75) is 102 Å². The second-order valence-corrected chi connectivity index (χ2v) is 11.5. The summed E-state index contributed by atoms with van der Waals surface area (Å²) in [5.41, 5.74) is 8.11. The maximum Gasteiger partial charge on any atom is -0.00717 e. The van der Waals surface area contributed by atoms with Crippen LogP contribution in [0, 0.1) is 0 Å². The van der Waals surface area contributed by atoms with Crippen LogP contribution in [-0.2, 0) is 21.7 Å². The molecule has 0 saturated heterocycles. The summed E-state index contributed by atoms with van der Waals surface area (Å²) in [6.45, 7) is 14.3. The van der Waals surface area contributed by atoms with E-state index in [1.165, 1.54) is 38.5 Å². The van der Waals surface area contributed by atoms with Gasteiger partial charge >= 0.3 is 0 Å². The molecule has 2 aromatic carbocycles.